The highest BCUT2D eigenvalue weighted by molar-refractivity contribution is 8.76. The summed E-state index contributed by atoms with van der Waals surface area (Å²) in [6, 6.07) is 0. The molecule has 0 saturated heterocycles. The van der Waals surface area contributed by atoms with Crippen LogP contribution in [0.3, 0.4) is 0 Å². The first-order valence-corrected chi connectivity index (χ1v) is 8.37. The van der Waals surface area contributed by atoms with E-state index in [1.54, 1.807) is 21.6 Å². The van der Waals surface area contributed by atoms with Gasteiger partial charge in [-0.3, -0.25) is 9.59 Å². The fourth-order valence-corrected chi connectivity index (χ4v) is 2.83. The van der Waals surface area contributed by atoms with Gasteiger partial charge in [-0.2, -0.15) is 0 Å². The summed E-state index contributed by atoms with van der Waals surface area (Å²) >= 11 is 0. The SMILES string of the molecule is Cl.NCCC(=O)NCCSSCCNC(=O)CCN. The fourth-order valence-electron chi connectivity index (χ4n) is 1.02. The Morgan fingerprint density at radius 1 is 0.842 bits per heavy atom. The lowest BCUT2D eigenvalue weighted by Crippen LogP contribution is -2.28. The van der Waals surface area contributed by atoms with Crippen LogP contribution in [0.1, 0.15) is 12.8 Å². The Bertz CT molecular complexity index is 224. The summed E-state index contributed by atoms with van der Waals surface area (Å²) in [4.78, 5) is 22.1. The average molecular weight is 331 g/mol. The third-order valence-electron chi connectivity index (χ3n) is 1.84. The molecule has 0 fully saturated rings. The summed E-state index contributed by atoms with van der Waals surface area (Å²) in [7, 11) is 3.35. The van der Waals surface area contributed by atoms with Crippen molar-refractivity contribution in [3.63, 3.8) is 0 Å². The van der Waals surface area contributed by atoms with Crippen molar-refractivity contribution in [2.45, 2.75) is 12.8 Å². The second-order valence-electron chi connectivity index (χ2n) is 3.42. The summed E-state index contributed by atoms with van der Waals surface area (Å²) in [6.07, 6.45) is 0.760. The molecule has 0 radical (unpaired) electrons. The minimum Gasteiger partial charge on any atom is -0.355 e. The third kappa shape index (κ3) is 15.8. The molecule has 6 N–H and O–H groups in total. The van der Waals surface area contributed by atoms with Crippen molar-refractivity contribution >= 4 is 45.8 Å². The zero-order valence-electron chi connectivity index (χ0n) is 10.9. The van der Waals surface area contributed by atoms with Gasteiger partial charge in [-0.05, 0) is 0 Å². The number of carbonyl (C=O) groups excluding carboxylic acids is 2. The van der Waals surface area contributed by atoms with E-state index < -0.39 is 0 Å². The first-order chi connectivity index (χ1) is 8.70. The maximum absolute atomic E-state index is 11.0. The maximum Gasteiger partial charge on any atom is 0.221 e. The molecule has 0 rings (SSSR count). The standard InChI is InChI=1S/C10H22N4O2S2.ClH/c11-3-1-9(15)13-5-7-17-18-8-6-14-10(16)2-4-12;/h1-8,11-12H2,(H,13,15)(H,14,16);1H. The van der Waals surface area contributed by atoms with Crippen LogP contribution >= 0.6 is 34.0 Å². The molecule has 19 heavy (non-hydrogen) atoms. The molecule has 0 saturated carbocycles. The Balaban J connectivity index is 0. The maximum atomic E-state index is 11.0. The molecule has 0 spiro atoms. The number of rotatable bonds is 11. The van der Waals surface area contributed by atoms with Gasteiger partial charge in [-0.1, -0.05) is 21.6 Å². The predicted molar refractivity (Wildman–Crippen MR) is 85.5 cm³/mol. The summed E-state index contributed by atoms with van der Waals surface area (Å²) in [5.74, 6) is 1.68. The second-order valence-corrected chi connectivity index (χ2v) is 6.12. The lowest BCUT2D eigenvalue weighted by atomic mass is 10.4. The van der Waals surface area contributed by atoms with Crippen LogP contribution in [-0.2, 0) is 9.59 Å². The topological polar surface area (TPSA) is 110 Å². The van der Waals surface area contributed by atoms with Crippen LogP contribution in [0, 0.1) is 0 Å². The quantitative estimate of drug-likeness (QED) is 0.306. The van der Waals surface area contributed by atoms with Crippen molar-refractivity contribution < 1.29 is 9.59 Å². The van der Waals surface area contributed by atoms with Crippen LogP contribution in [0.4, 0.5) is 0 Å². The number of hydrogen-bond donors (Lipinski definition) is 4. The number of nitrogens with two attached hydrogens (primary N) is 2. The van der Waals surface area contributed by atoms with Gasteiger partial charge in [0, 0.05) is 50.5 Å². The summed E-state index contributed by atoms with van der Waals surface area (Å²) in [5.41, 5.74) is 10.5. The van der Waals surface area contributed by atoms with Gasteiger partial charge in [0.25, 0.3) is 0 Å². The predicted octanol–water partition coefficient (Wildman–Crippen LogP) is -0.280. The van der Waals surface area contributed by atoms with Crippen molar-refractivity contribution in [1.82, 2.24) is 10.6 Å². The first kappa shape index (κ1) is 21.2. The largest absolute Gasteiger partial charge is 0.355 e. The second kappa shape index (κ2) is 15.9. The molecule has 6 nitrogen and oxygen atoms in total. The van der Waals surface area contributed by atoms with Gasteiger partial charge >= 0.3 is 0 Å². The Morgan fingerprint density at radius 2 is 1.21 bits per heavy atom. The van der Waals surface area contributed by atoms with Gasteiger partial charge in [0.05, 0.1) is 0 Å². The van der Waals surface area contributed by atoms with E-state index in [1.165, 1.54) is 0 Å². The van der Waals surface area contributed by atoms with Crippen LogP contribution in [-0.4, -0.2) is 49.5 Å². The van der Waals surface area contributed by atoms with E-state index in [9.17, 15) is 9.59 Å². The van der Waals surface area contributed by atoms with E-state index >= 15 is 0 Å². The summed E-state index contributed by atoms with van der Waals surface area (Å²) < 4.78 is 0. The fraction of sp³-hybridized carbons (Fsp3) is 0.800. The molecular weight excluding hydrogens is 308 g/mol. The zero-order chi connectivity index (χ0) is 13.6. The molecule has 0 bridgehead atoms. The highest BCUT2D eigenvalue weighted by atomic mass is 35.5. The van der Waals surface area contributed by atoms with Crippen LogP contribution < -0.4 is 22.1 Å². The minimum absolute atomic E-state index is 0. The monoisotopic (exact) mass is 330 g/mol. The highest BCUT2D eigenvalue weighted by Gasteiger charge is 1.99. The van der Waals surface area contributed by atoms with E-state index in [0.29, 0.717) is 39.0 Å². The summed E-state index contributed by atoms with van der Waals surface area (Å²) in [5, 5.41) is 5.55. The third-order valence-corrected chi connectivity index (χ3v) is 4.25. The van der Waals surface area contributed by atoms with Gasteiger partial charge < -0.3 is 22.1 Å². The first-order valence-electron chi connectivity index (χ1n) is 5.88. The van der Waals surface area contributed by atoms with E-state index in [-0.39, 0.29) is 24.2 Å². The normalized spacial score (nSPS) is 9.58. The van der Waals surface area contributed by atoms with Crippen LogP contribution in [0.15, 0.2) is 0 Å². The van der Waals surface area contributed by atoms with E-state index in [2.05, 4.69) is 10.6 Å². The number of amides is 2. The number of nitrogens with one attached hydrogen (secondary N) is 2. The van der Waals surface area contributed by atoms with Gasteiger partial charge in [0.2, 0.25) is 11.8 Å². The van der Waals surface area contributed by atoms with Crippen LogP contribution in [0.2, 0.25) is 0 Å². The van der Waals surface area contributed by atoms with Gasteiger partial charge in [0.1, 0.15) is 0 Å². The van der Waals surface area contributed by atoms with Crippen LogP contribution in [0.5, 0.6) is 0 Å². The summed E-state index contributed by atoms with van der Waals surface area (Å²) in [6.45, 7) is 2.07. The minimum atomic E-state index is -0.00264. The molecular formula is C10H23ClN4O2S2. The molecule has 0 aromatic carbocycles. The molecule has 0 unspecified atom stereocenters. The lowest BCUT2D eigenvalue weighted by molar-refractivity contribution is -0.121. The highest BCUT2D eigenvalue weighted by Crippen LogP contribution is 2.19. The number of hydrogen-bond acceptors (Lipinski definition) is 6. The van der Waals surface area contributed by atoms with Gasteiger partial charge in [0.15, 0.2) is 0 Å². The van der Waals surface area contributed by atoms with Crippen molar-refractivity contribution in [1.29, 1.82) is 0 Å². The lowest BCUT2D eigenvalue weighted by Gasteiger charge is -2.05. The van der Waals surface area contributed by atoms with E-state index in [1.807, 2.05) is 0 Å². The van der Waals surface area contributed by atoms with E-state index in [4.69, 9.17) is 11.5 Å². The Labute approximate surface area is 128 Å². The zero-order valence-corrected chi connectivity index (χ0v) is 13.3. The smallest absolute Gasteiger partial charge is 0.221 e. The molecule has 0 heterocycles. The molecule has 2 amide bonds. The molecule has 114 valence electrons. The Hall–Kier alpha value is -0.150. The molecule has 0 atom stereocenters. The molecule has 0 aliphatic rings. The number of carbonyl (C=O) groups is 2. The molecule has 0 aromatic rings. The average Bonchev–Trinajstić information content (AvgIpc) is 2.33. The van der Waals surface area contributed by atoms with Crippen molar-refractivity contribution in [2.24, 2.45) is 11.5 Å². The van der Waals surface area contributed by atoms with E-state index in [0.717, 1.165) is 11.5 Å². The van der Waals surface area contributed by atoms with Gasteiger partial charge in [-0.15, -0.1) is 12.4 Å². The molecule has 0 aliphatic heterocycles. The van der Waals surface area contributed by atoms with Crippen molar-refractivity contribution in [3.05, 3.63) is 0 Å². The van der Waals surface area contributed by atoms with Crippen LogP contribution in [0.25, 0.3) is 0 Å². The molecule has 9 heteroatoms. The molecule has 0 aromatic heterocycles. The Kier molecular flexibility index (Phi) is 17.7. The van der Waals surface area contributed by atoms with Gasteiger partial charge in [-0.25, -0.2) is 0 Å². The van der Waals surface area contributed by atoms with Crippen molar-refractivity contribution in [3.8, 4) is 0 Å². The number of halogens is 1. The Morgan fingerprint density at radius 3 is 1.53 bits per heavy atom. The van der Waals surface area contributed by atoms with Crippen molar-refractivity contribution in [2.75, 3.05) is 37.7 Å². The molecule has 0 aliphatic carbocycles.